The summed E-state index contributed by atoms with van der Waals surface area (Å²) in [6.07, 6.45) is 0.337. The average molecular weight is 358 g/mol. The van der Waals surface area contributed by atoms with Crippen LogP contribution in [0, 0.1) is 0 Å². The molecule has 3 rings (SSSR count). The summed E-state index contributed by atoms with van der Waals surface area (Å²) in [6, 6.07) is 11.2. The molecule has 0 fully saturated rings. The monoisotopic (exact) mass is 358 g/mol. The molecule has 0 aliphatic carbocycles. The lowest BCUT2D eigenvalue weighted by Gasteiger charge is -2.22. The van der Waals surface area contributed by atoms with Crippen LogP contribution in [-0.4, -0.2) is 34.8 Å². The van der Waals surface area contributed by atoms with Crippen molar-refractivity contribution < 1.29 is 19.4 Å². The summed E-state index contributed by atoms with van der Waals surface area (Å²) in [6.45, 7) is 0. The van der Waals surface area contributed by atoms with E-state index < -0.39 is 5.97 Å². The van der Waals surface area contributed by atoms with Crippen molar-refractivity contribution in [3.8, 4) is 5.75 Å². The van der Waals surface area contributed by atoms with Crippen molar-refractivity contribution in [2.45, 2.75) is 25.3 Å². The number of carbonyl (C=O) groups is 2. The molecule has 0 saturated heterocycles. The first kappa shape index (κ1) is 17.2. The standard InChI is InChI=1S/C18H18N2O4S/c1-24-13-6-4-12(5-7-13)15-11-14(16-3-2-10-25-16)19-20(15)17(21)8-9-18(22)23/h2-7,10,15H,8-9,11H2,1H3,(H,22,23)/t15-/m1/s1. The van der Waals surface area contributed by atoms with E-state index in [2.05, 4.69) is 5.10 Å². The van der Waals surface area contributed by atoms with E-state index in [-0.39, 0.29) is 24.8 Å². The Bertz CT molecular complexity index is 784. The number of hydrazone groups is 1. The van der Waals surface area contributed by atoms with Gasteiger partial charge in [0, 0.05) is 12.8 Å². The largest absolute Gasteiger partial charge is 0.497 e. The summed E-state index contributed by atoms with van der Waals surface area (Å²) in [5, 5.41) is 16.7. The molecule has 1 N–H and O–H groups in total. The molecule has 1 aromatic heterocycles. The number of carboxylic acids is 1. The molecule has 0 saturated carbocycles. The van der Waals surface area contributed by atoms with Gasteiger partial charge in [0.25, 0.3) is 0 Å². The predicted octanol–water partition coefficient (Wildman–Crippen LogP) is 3.30. The number of amides is 1. The summed E-state index contributed by atoms with van der Waals surface area (Å²) >= 11 is 1.57. The molecule has 1 aliphatic rings. The summed E-state index contributed by atoms with van der Waals surface area (Å²) in [7, 11) is 1.60. The molecule has 7 heteroatoms. The molecule has 2 aromatic rings. The molecule has 1 aliphatic heterocycles. The normalized spacial score (nSPS) is 16.6. The van der Waals surface area contributed by atoms with Crippen LogP contribution in [0.3, 0.4) is 0 Å². The second kappa shape index (κ2) is 7.48. The zero-order valence-electron chi connectivity index (χ0n) is 13.7. The second-order valence-electron chi connectivity index (χ2n) is 5.65. The highest BCUT2D eigenvalue weighted by molar-refractivity contribution is 7.12. The maximum atomic E-state index is 12.5. The first-order valence-electron chi connectivity index (χ1n) is 7.87. The maximum Gasteiger partial charge on any atom is 0.303 e. The van der Waals surface area contributed by atoms with Gasteiger partial charge in [-0.05, 0) is 29.1 Å². The zero-order valence-corrected chi connectivity index (χ0v) is 14.5. The Morgan fingerprint density at radius 2 is 2.04 bits per heavy atom. The van der Waals surface area contributed by atoms with E-state index in [1.54, 1.807) is 18.4 Å². The van der Waals surface area contributed by atoms with E-state index in [0.29, 0.717) is 6.42 Å². The lowest BCUT2D eigenvalue weighted by molar-refractivity contribution is -0.141. The molecule has 0 bridgehead atoms. The van der Waals surface area contributed by atoms with Gasteiger partial charge in [-0.25, -0.2) is 5.01 Å². The number of rotatable bonds is 6. The van der Waals surface area contributed by atoms with Crippen molar-refractivity contribution in [3.05, 3.63) is 52.2 Å². The van der Waals surface area contributed by atoms with Crippen molar-refractivity contribution in [1.29, 1.82) is 0 Å². The number of methoxy groups -OCH3 is 1. The van der Waals surface area contributed by atoms with Gasteiger partial charge in [0.05, 0.1) is 30.2 Å². The third kappa shape index (κ3) is 3.88. The van der Waals surface area contributed by atoms with Gasteiger partial charge in [0.1, 0.15) is 5.75 Å². The highest BCUT2D eigenvalue weighted by Gasteiger charge is 2.33. The van der Waals surface area contributed by atoms with Gasteiger partial charge in [0.15, 0.2) is 0 Å². The van der Waals surface area contributed by atoms with Crippen LogP contribution in [0.5, 0.6) is 5.75 Å². The number of benzene rings is 1. The van der Waals surface area contributed by atoms with Crippen molar-refractivity contribution >= 4 is 28.9 Å². The van der Waals surface area contributed by atoms with Crippen molar-refractivity contribution in [2.24, 2.45) is 5.10 Å². The van der Waals surface area contributed by atoms with Gasteiger partial charge in [-0.1, -0.05) is 18.2 Å². The molecule has 2 heterocycles. The Balaban J connectivity index is 1.86. The van der Waals surface area contributed by atoms with Crippen LogP contribution < -0.4 is 4.74 Å². The van der Waals surface area contributed by atoms with Crippen LogP contribution in [-0.2, 0) is 9.59 Å². The van der Waals surface area contributed by atoms with Crippen LogP contribution in [0.2, 0.25) is 0 Å². The van der Waals surface area contributed by atoms with Crippen LogP contribution in [0.25, 0.3) is 0 Å². The Kier molecular flexibility index (Phi) is 5.14. The van der Waals surface area contributed by atoms with Crippen LogP contribution in [0.1, 0.15) is 35.7 Å². The number of hydrogen-bond donors (Lipinski definition) is 1. The van der Waals surface area contributed by atoms with E-state index in [4.69, 9.17) is 9.84 Å². The lowest BCUT2D eigenvalue weighted by Crippen LogP contribution is -2.27. The summed E-state index contributed by atoms with van der Waals surface area (Å²) in [4.78, 5) is 24.3. The number of hydrogen-bond acceptors (Lipinski definition) is 5. The molecule has 0 radical (unpaired) electrons. The Labute approximate surface area is 149 Å². The molecule has 0 spiro atoms. The fourth-order valence-corrected chi connectivity index (χ4v) is 3.47. The Hall–Kier alpha value is -2.67. The van der Waals surface area contributed by atoms with E-state index in [1.807, 2.05) is 41.8 Å². The Morgan fingerprint density at radius 3 is 2.64 bits per heavy atom. The lowest BCUT2D eigenvalue weighted by atomic mass is 10.0. The molecular weight excluding hydrogens is 340 g/mol. The van der Waals surface area contributed by atoms with Gasteiger partial charge in [0.2, 0.25) is 5.91 Å². The molecular formula is C18H18N2O4S. The fraction of sp³-hybridized carbons (Fsp3) is 0.278. The molecule has 6 nitrogen and oxygen atoms in total. The number of thiophene rings is 1. The predicted molar refractivity (Wildman–Crippen MR) is 94.9 cm³/mol. The molecule has 1 atom stereocenters. The van der Waals surface area contributed by atoms with Gasteiger partial charge < -0.3 is 9.84 Å². The van der Waals surface area contributed by atoms with E-state index in [0.717, 1.165) is 21.9 Å². The number of ether oxygens (including phenoxy) is 1. The minimum atomic E-state index is -0.990. The van der Waals surface area contributed by atoms with Gasteiger partial charge in [-0.3, -0.25) is 9.59 Å². The maximum absolute atomic E-state index is 12.5. The second-order valence-corrected chi connectivity index (χ2v) is 6.60. The number of nitrogens with zero attached hydrogens (tertiary/aromatic N) is 2. The quantitative estimate of drug-likeness (QED) is 0.859. The van der Waals surface area contributed by atoms with Crippen LogP contribution in [0.4, 0.5) is 0 Å². The van der Waals surface area contributed by atoms with Crippen LogP contribution >= 0.6 is 11.3 Å². The van der Waals surface area contributed by atoms with Crippen molar-refractivity contribution in [3.63, 3.8) is 0 Å². The first-order chi connectivity index (χ1) is 12.1. The number of aliphatic carboxylic acids is 1. The van der Waals surface area contributed by atoms with E-state index >= 15 is 0 Å². The molecule has 1 aromatic carbocycles. The summed E-state index contributed by atoms with van der Waals surface area (Å²) in [5.41, 5.74) is 1.79. The zero-order chi connectivity index (χ0) is 17.8. The smallest absolute Gasteiger partial charge is 0.303 e. The molecule has 130 valence electrons. The average Bonchev–Trinajstić information content (AvgIpc) is 3.29. The van der Waals surface area contributed by atoms with Gasteiger partial charge >= 0.3 is 5.97 Å². The number of carboxylic acid groups (broad SMARTS) is 1. The molecule has 0 unspecified atom stereocenters. The van der Waals surface area contributed by atoms with Gasteiger partial charge in [-0.15, -0.1) is 11.3 Å². The fourth-order valence-electron chi connectivity index (χ4n) is 2.75. The SMILES string of the molecule is COc1ccc([C@H]2CC(c3cccs3)=NN2C(=O)CCC(=O)O)cc1. The topological polar surface area (TPSA) is 79.2 Å². The minimum Gasteiger partial charge on any atom is -0.497 e. The number of carbonyl (C=O) groups excluding carboxylic acids is 1. The minimum absolute atomic E-state index is 0.0663. The van der Waals surface area contributed by atoms with Crippen LogP contribution in [0.15, 0.2) is 46.9 Å². The third-order valence-corrected chi connectivity index (χ3v) is 4.94. The highest BCUT2D eigenvalue weighted by Crippen LogP contribution is 2.35. The molecule has 1 amide bonds. The third-order valence-electron chi connectivity index (χ3n) is 4.02. The van der Waals surface area contributed by atoms with E-state index in [9.17, 15) is 9.59 Å². The van der Waals surface area contributed by atoms with Gasteiger partial charge in [-0.2, -0.15) is 5.10 Å². The van der Waals surface area contributed by atoms with Crippen molar-refractivity contribution in [1.82, 2.24) is 5.01 Å². The molecule has 25 heavy (non-hydrogen) atoms. The summed E-state index contributed by atoms with van der Waals surface area (Å²) < 4.78 is 5.18. The van der Waals surface area contributed by atoms with E-state index in [1.165, 1.54) is 5.01 Å². The first-order valence-corrected chi connectivity index (χ1v) is 8.75. The summed E-state index contributed by atoms with van der Waals surface area (Å²) in [5.74, 6) is -0.532. The highest BCUT2D eigenvalue weighted by atomic mass is 32.1. The Morgan fingerprint density at radius 1 is 1.28 bits per heavy atom. The van der Waals surface area contributed by atoms with Crippen molar-refractivity contribution in [2.75, 3.05) is 7.11 Å².